The molecule has 0 amide bonds. The Hall–Kier alpha value is -1.10. The van der Waals surface area contributed by atoms with Gasteiger partial charge in [0.15, 0.2) is 0 Å². The molecule has 1 heterocycles. The summed E-state index contributed by atoms with van der Waals surface area (Å²) in [7, 11) is -0.805. The molecule has 1 atom stereocenters. The molecule has 0 spiro atoms. The highest BCUT2D eigenvalue weighted by Gasteiger charge is 2.07. The fourth-order valence-corrected chi connectivity index (χ4v) is 1.78. The first-order chi connectivity index (χ1) is 6.61. The predicted octanol–water partition coefficient (Wildman–Crippen LogP) is 0.955. The summed E-state index contributed by atoms with van der Waals surface area (Å²) in [4.78, 5) is 10.7. The van der Waals surface area contributed by atoms with Crippen LogP contribution in [-0.2, 0) is 17.3 Å². The standard InChI is InChI=1S/C9H13NO3S/c1-14(13)7-3-6-10-5-2-4-8(10)9(11)12/h2,4-5H,3,6-7H2,1H3,(H,11,12). The molecule has 0 aliphatic rings. The number of aromatic carboxylic acids is 1. The maximum Gasteiger partial charge on any atom is 0.352 e. The summed E-state index contributed by atoms with van der Waals surface area (Å²) in [5, 5.41) is 8.78. The molecule has 5 heteroatoms. The minimum absolute atomic E-state index is 0.284. The number of rotatable bonds is 5. The van der Waals surface area contributed by atoms with Gasteiger partial charge in [0.25, 0.3) is 0 Å². The topological polar surface area (TPSA) is 59.3 Å². The maximum atomic E-state index is 10.8. The summed E-state index contributed by atoms with van der Waals surface area (Å²) in [6, 6.07) is 3.26. The van der Waals surface area contributed by atoms with E-state index in [9.17, 15) is 9.00 Å². The summed E-state index contributed by atoms with van der Waals surface area (Å²) in [5.41, 5.74) is 0.284. The lowest BCUT2D eigenvalue weighted by Gasteiger charge is -2.04. The first-order valence-electron chi connectivity index (χ1n) is 4.29. The highest BCUT2D eigenvalue weighted by atomic mass is 32.2. The van der Waals surface area contributed by atoms with Crippen molar-refractivity contribution in [3.63, 3.8) is 0 Å². The van der Waals surface area contributed by atoms with E-state index >= 15 is 0 Å². The van der Waals surface area contributed by atoms with E-state index in [-0.39, 0.29) is 5.69 Å². The third-order valence-corrected chi connectivity index (χ3v) is 2.74. The van der Waals surface area contributed by atoms with Crippen LogP contribution in [0.5, 0.6) is 0 Å². The van der Waals surface area contributed by atoms with Crippen LogP contribution in [0.2, 0.25) is 0 Å². The number of nitrogens with zero attached hydrogens (tertiary/aromatic N) is 1. The van der Waals surface area contributed by atoms with Gasteiger partial charge in [-0.05, 0) is 18.6 Å². The zero-order chi connectivity index (χ0) is 10.6. The Morgan fingerprint density at radius 3 is 2.93 bits per heavy atom. The fourth-order valence-electron chi connectivity index (χ4n) is 1.24. The van der Waals surface area contributed by atoms with Crippen molar-refractivity contribution in [3.05, 3.63) is 24.0 Å². The Morgan fingerprint density at radius 2 is 2.36 bits per heavy atom. The number of carboxylic acid groups (broad SMARTS) is 1. The third kappa shape index (κ3) is 2.99. The van der Waals surface area contributed by atoms with Gasteiger partial charge < -0.3 is 9.67 Å². The summed E-state index contributed by atoms with van der Waals surface area (Å²) in [5.74, 6) is -0.315. The molecular formula is C9H13NO3S. The van der Waals surface area contributed by atoms with E-state index in [0.717, 1.165) is 6.42 Å². The van der Waals surface area contributed by atoms with Gasteiger partial charge in [0.05, 0.1) is 0 Å². The van der Waals surface area contributed by atoms with Gasteiger partial charge >= 0.3 is 5.97 Å². The Balaban J connectivity index is 2.54. The first-order valence-corrected chi connectivity index (χ1v) is 6.02. The summed E-state index contributed by atoms with van der Waals surface area (Å²) < 4.78 is 12.4. The van der Waals surface area contributed by atoms with Gasteiger partial charge in [-0.2, -0.15) is 0 Å². The summed E-state index contributed by atoms with van der Waals surface area (Å²) in [6.07, 6.45) is 4.11. The average Bonchev–Trinajstić information content (AvgIpc) is 2.51. The second-order valence-electron chi connectivity index (χ2n) is 3.02. The molecule has 78 valence electrons. The van der Waals surface area contributed by atoms with E-state index in [1.165, 1.54) is 0 Å². The van der Waals surface area contributed by atoms with Crippen molar-refractivity contribution in [3.8, 4) is 0 Å². The molecule has 0 aliphatic carbocycles. The van der Waals surface area contributed by atoms with Crippen LogP contribution in [0.25, 0.3) is 0 Å². The minimum atomic E-state index is -0.923. The van der Waals surface area contributed by atoms with Crippen LogP contribution < -0.4 is 0 Å². The van der Waals surface area contributed by atoms with Gasteiger partial charge in [-0.1, -0.05) is 0 Å². The molecule has 1 aromatic rings. The van der Waals surface area contributed by atoms with Crippen LogP contribution in [0.3, 0.4) is 0 Å². The molecule has 1 aromatic heterocycles. The zero-order valence-corrected chi connectivity index (χ0v) is 8.79. The molecule has 1 rings (SSSR count). The molecule has 0 bridgehead atoms. The normalized spacial score (nSPS) is 12.6. The molecule has 1 unspecified atom stereocenters. The van der Waals surface area contributed by atoms with Gasteiger partial charge in [-0.15, -0.1) is 0 Å². The van der Waals surface area contributed by atoms with E-state index < -0.39 is 16.8 Å². The van der Waals surface area contributed by atoms with Crippen LogP contribution >= 0.6 is 0 Å². The van der Waals surface area contributed by atoms with Crippen molar-refractivity contribution in [1.82, 2.24) is 4.57 Å². The van der Waals surface area contributed by atoms with Crippen molar-refractivity contribution in [2.75, 3.05) is 12.0 Å². The Morgan fingerprint density at radius 1 is 1.64 bits per heavy atom. The first kappa shape index (κ1) is 11.0. The molecule has 0 fully saturated rings. The number of aromatic nitrogens is 1. The van der Waals surface area contributed by atoms with Crippen molar-refractivity contribution >= 4 is 16.8 Å². The lowest BCUT2D eigenvalue weighted by molar-refractivity contribution is 0.0685. The smallest absolute Gasteiger partial charge is 0.352 e. The summed E-state index contributed by atoms with van der Waals surface area (Å²) >= 11 is 0. The molecule has 0 aliphatic heterocycles. The average molecular weight is 215 g/mol. The van der Waals surface area contributed by atoms with Gasteiger partial charge in [0, 0.05) is 35.5 Å². The fraction of sp³-hybridized carbons (Fsp3) is 0.444. The van der Waals surface area contributed by atoms with Crippen LogP contribution in [0.15, 0.2) is 18.3 Å². The second kappa shape index (κ2) is 4.95. The molecule has 4 nitrogen and oxygen atoms in total. The summed E-state index contributed by atoms with van der Waals surface area (Å²) in [6.45, 7) is 0.605. The van der Waals surface area contributed by atoms with E-state index in [0.29, 0.717) is 12.3 Å². The SMILES string of the molecule is CS(=O)CCCn1cccc1C(=O)O. The Labute approximate surface area is 85.0 Å². The van der Waals surface area contributed by atoms with Crippen LogP contribution in [0, 0.1) is 0 Å². The molecule has 1 N–H and O–H groups in total. The molecule has 0 saturated heterocycles. The Bertz CT molecular complexity index is 346. The van der Waals surface area contributed by atoms with E-state index in [2.05, 4.69) is 0 Å². The highest BCUT2D eigenvalue weighted by Crippen LogP contribution is 2.03. The minimum Gasteiger partial charge on any atom is -0.477 e. The van der Waals surface area contributed by atoms with Crippen molar-refractivity contribution in [2.24, 2.45) is 0 Å². The molecule has 0 radical (unpaired) electrons. The number of hydrogen-bond acceptors (Lipinski definition) is 2. The second-order valence-corrected chi connectivity index (χ2v) is 4.58. The monoisotopic (exact) mass is 215 g/mol. The molecule has 0 saturated carbocycles. The largest absolute Gasteiger partial charge is 0.477 e. The molecular weight excluding hydrogens is 202 g/mol. The molecule has 0 aromatic carbocycles. The van der Waals surface area contributed by atoms with Crippen molar-refractivity contribution < 1.29 is 14.1 Å². The lowest BCUT2D eigenvalue weighted by Crippen LogP contribution is -2.09. The quantitative estimate of drug-likeness (QED) is 0.795. The van der Waals surface area contributed by atoms with Gasteiger partial charge in [0.1, 0.15) is 5.69 Å². The van der Waals surface area contributed by atoms with Gasteiger partial charge in [-0.3, -0.25) is 4.21 Å². The maximum absolute atomic E-state index is 10.8. The number of aryl methyl sites for hydroxylation is 1. The lowest BCUT2D eigenvalue weighted by atomic mass is 10.4. The van der Waals surface area contributed by atoms with Gasteiger partial charge in [-0.25, -0.2) is 4.79 Å². The third-order valence-electron chi connectivity index (χ3n) is 1.88. The van der Waals surface area contributed by atoms with E-state index in [1.807, 2.05) is 0 Å². The highest BCUT2D eigenvalue weighted by molar-refractivity contribution is 7.84. The van der Waals surface area contributed by atoms with Crippen molar-refractivity contribution in [2.45, 2.75) is 13.0 Å². The predicted molar refractivity (Wildman–Crippen MR) is 54.9 cm³/mol. The number of hydrogen-bond donors (Lipinski definition) is 1. The zero-order valence-electron chi connectivity index (χ0n) is 7.97. The Kier molecular flexibility index (Phi) is 3.88. The van der Waals surface area contributed by atoms with E-state index in [4.69, 9.17) is 5.11 Å². The number of carboxylic acids is 1. The van der Waals surface area contributed by atoms with Crippen LogP contribution in [0.1, 0.15) is 16.9 Å². The van der Waals surface area contributed by atoms with Crippen LogP contribution in [-0.4, -0.2) is 31.9 Å². The van der Waals surface area contributed by atoms with Gasteiger partial charge in [0.2, 0.25) is 0 Å². The van der Waals surface area contributed by atoms with Crippen LogP contribution in [0.4, 0.5) is 0 Å². The number of carbonyl (C=O) groups is 1. The van der Waals surface area contributed by atoms with Crippen molar-refractivity contribution in [1.29, 1.82) is 0 Å². The van der Waals surface area contributed by atoms with E-state index in [1.54, 1.807) is 29.2 Å². The molecule has 14 heavy (non-hydrogen) atoms.